The van der Waals surface area contributed by atoms with E-state index in [9.17, 15) is 0 Å². The smallest absolute Gasteiger partial charge is 0.261 e. The highest BCUT2D eigenvalue weighted by Gasteiger charge is 2.50. The molecule has 0 saturated heterocycles. The van der Waals surface area contributed by atoms with Crippen LogP contribution in [0.2, 0.25) is 5.04 Å². The van der Waals surface area contributed by atoms with E-state index in [0.29, 0.717) is 12.5 Å². The molecule has 0 aromatic heterocycles. The summed E-state index contributed by atoms with van der Waals surface area (Å²) >= 11 is 0. The average molecular weight is 442 g/mol. The molecule has 0 saturated carbocycles. The fourth-order valence-corrected chi connectivity index (χ4v) is 9.07. The Morgan fingerprint density at radius 2 is 1.38 bits per heavy atom. The maximum atomic E-state index is 7.07. The van der Waals surface area contributed by atoms with Crippen LogP contribution in [0.4, 0.5) is 0 Å². The standard InChI is InChI=1S/C28H31NO2Si/c1-5-26-25(29-27(31-26)22-15-9-6-10-16-22)21-30-32(28(2,3)4,23-17-11-7-12-18-23)24-19-13-8-14-20-24/h5-20,25-26H,1,21H2,2-4H3/t25-,26-/m1/s1. The number of nitrogens with zero attached hydrogens (tertiary/aromatic N) is 1. The Morgan fingerprint density at radius 3 is 1.84 bits per heavy atom. The average Bonchev–Trinajstić information content (AvgIpc) is 3.24. The van der Waals surface area contributed by atoms with E-state index in [1.54, 1.807) is 0 Å². The van der Waals surface area contributed by atoms with E-state index in [1.165, 1.54) is 10.4 Å². The molecular weight excluding hydrogens is 410 g/mol. The van der Waals surface area contributed by atoms with Gasteiger partial charge in [0.05, 0.1) is 6.61 Å². The van der Waals surface area contributed by atoms with E-state index in [4.69, 9.17) is 14.2 Å². The topological polar surface area (TPSA) is 30.8 Å². The summed E-state index contributed by atoms with van der Waals surface area (Å²) in [5, 5.41) is 2.45. The minimum absolute atomic E-state index is 0.0786. The first kappa shape index (κ1) is 22.2. The molecule has 32 heavy (non-hydrogen) atoms. The number of hydrogen-bond donors (Lipinski definition) is 0. The van der Waals surface area contributed by atoms with Crippen LogP contribution in [-0.2, 0) is 9.16 Å². The van der Waals surface area contributed by atoms with E-state index >= 15 is 0 Å². The Morgan fingerprint density at radius 1 is 0.875 bits per heavy atom. The molecule has 0 fully saturated rings. The first-order chi connectivity index (χ1) is 15.5. The molecule has 1 aliphatic rings. The van der Waals surface area contributed by atoms with Crippen LogP contribution in [0.25, 0.3) is 0 Å². The zero-order valence-corrected chi connectivity index (χ0v) is 20.1. The number of rotatable bonds is 7. The highest BCUT2D eigenvalue weighted by molar-refractivity contribution is 6.99. The fraction of sp³-hybridized carbons (Fsp3) is 0.250. The lowest BCUT2D eigenvalue weighted by Crippen LogP contribution is -2.67. The van der Waals surface area contributed by atoms with Crippen LogP contribution in [-0.4, -0.2) is 33.0 Å². The molecule has 0 spiro atoms. The maximum absolute atomic E-state index is 7.07. The minimum atomic E-state index is -2.62. The lowest BCUT2D eigenvalue weighted by Gasteiger charge is -2.43. The van der Waals surface area contributed by atoms with Gasteiger partial charge in [0.25, 0.3) is 8.32 Å². The Kier molecular flexibility index (Phi) is 6.44. The van der Waals surface area contributed by atoms with Crippen LogP contribution in [0.3, 0.4) is 0 Å². The SMILES string of the molecule is C=C[C@H]1OC(c2ccccc2)=N[C@@H]1CO[Si](c1ccccc1)(c1ccccc1)C(C)(C)C. The molecule has 0 radical (unpaired) electrons. The summed E-state index contributed by atoms with van der Waals surface area (Å²) in [6.07, 6.45) is 1.63. The molecule has 0 bridgehead atoms. The number of hydrogen-bond acceptors (Lipinski definition) is 3. The van der Waals surface area contributed by atoms with Crippen molar-refractivity contribution in [1.29, 1.82) is 0 Å². The molecule has 0 N–H and O–H groups in total. The lowest BCUT2D eigenvalue weighted by atomic mass is 10.2. The summed E-state index contributed by atoms with van der Waals surface area (Å²) in [6, 6.07) is 31.3. The molecule has 4 rings (SSSR count). The van der Waals surface area contributed by atoms with Gasteiger partial charge >= 0.3 is 0 Å². The van der Waals surface area contributed by atoms with Crippen molar-refractivity contribution >= 4 is 24.6 Å². The second-order valence-corrected chi connectivity index (χ2v) is 13.5. The zero-order valence-electron chi connectivity index (χ0n) is 19.1. The molecule has 3 aromatic rings. The zero-order chi connectivity index (χ0) is 22.6. The van der Waals surface area contributed by atoms with Crippen molar-refractivity contribution in [2.45, 2.75) is 38.0 Å². The molecule has 1 heterocycles. The van der Waals surface area contributed by atoms with E-state index in [-0.39, 0.29) is 17.2 Å². The van der Waals surface area contributed by atoms with Crippen molar-refractivity contribution in [1.82, 2.24) is 0 Å². The second kappa shape index (κ2) is 9.27. The van der Waals surface area contributed by atoms with Crippen molar-refractivity contribution in [2.75, 3.05) is 6.61 Å². The van der Waals surface area contributed by atoms with Gasteiger partial charge in [-0.05, 0) is 33.6 Å². The highest BCUT2D eigenvalue weighted by Crippen LogP contribution is 2.37. The molecule has 4 heteroatoms. The van der Waals surface area contributed by atoms with Crippen LogP contribution in [0.5, 0.6) is 0 Å². The third-order valence-electron chi connectivity index (χ3n) is 6.05. The van der Waals surface area contributed by atoms with Crippen molar-refractivity contribution < 1.29 is 9.16 Å². The number of aliphatic imine (C=N–C) groups is 1. The lowest BCUT2D eigenvalue weighted by molar-refractivity contribution is 0.189. The van der Waals surface area contributed by atoms with E-state index in [0.717, 1.165) is 5.56 Å². The Labute approximate surface area is 192 Å². The summed E-state index contributed by atoms with van der Waals surface area (Å²) in [6.45, 7) is 11.3. The van der Waals surface area contributed by atoms with Crippen molar-refractivity contribution in [3.05, 3.63) is 109 Å². The first-order valence-corrected chi connectivity index (χ1v) is 13.0. The van der Waals surface area contributed by atoms with E-state index in [2.05, 4.69) is 88.0 Å². The molecule has 0 amide bonds. The summed E-state index contributed by atoms with van der Waals surface area (Å²) in [4.78, 5) is 4.90. The van der Waals surface area contributed by atoms with Crippen LogP contribution in [0.1, 0.15) is 26.3 Å². The van der Waals surface area contributed by atoms with Gasteiger partial charge in [0, 0.05) is 5.56 Å². The third-order valence-corrected chi connectivity index (χ3v) is 11.1. The van der Waals surface area contributed by atoms with E-state index < -0.39 is 8.32 Å². The van der Waals surface area contributed by atoms with Gasteiger partial charge in [-0.3, -0.25) is 0 Å². The third kappa shape index (κ3) is 4.21. The molecule has 164 valence electrons. The molecule has 2 atom stereocenters. The summed E-state index contributed by atoms with van der Waals surface area (Å²) in [5.74, 6) is 0.659. The Hall–Kier alpha value is -2.95. The van der Waals surface area contributed by atoms with Gasteiger partial charge in [-0.2, -0.15) is 0 Å². The number of benzene rings is 3. The summed E-state index contributed by atoms with van der Waals surface area (Å²) in [7, 11) is -2.62. The molecule has 3 nitrogen and oxygen atoms in total. The normalized spacial score (nSPS) is 18.7. The summed E-state index contributed by atoms with van der Waals surface area (Å²) in [5.41, 5.74) is 0.979. The molecule has 0 aliphatic carbocycles. The maximum Gasteiger partial charge on any atom is 0.261 e. The minimum Gasteiger partial charge on any atom is -0.468 e. The number of ether oxygens (including phenoxy) is 1. The molecule has 0 unspecified atom stereocenters. The van der Waals surface area contributed by atoms with Crippen LogP contribution in [0.15, 0.2) is 109 Å². The van der Waals surface area contributed by atoms with Gasteiger partial charge in [0.15, 0.2) is 0 Å². The van der Waals surface area contributed by atoms with Gasteiger partial charge < -0.3 is 9.16 Å². The van der Waals surface area contributed by atoms with Crippen LogP contribution in [0, 0.1) is 0 Å². The first-order valence-electron chi connectivity index (χ1n) is 11.1. The Bertz CT molecular complexity index is 1020. The predicted octanol–water partition coefficient (Wildman–Crippen LogP) is 4.96. The molecular formula is C28H31NO2Si. The van der Waals surface area contributed by atoms with Gasteiger partial charge in [0.2, 0.25) is 5.90 Å². The predicted molar refractivity (Wildman–Crippen MR) is 135 cm³/mol. The van der Waals surface area contributed by atoms with Crippen molar-refractivity contribution in [2.24, 2.45) is 4.99 Å². The fourth-order valence-electron chi connectivity index (χ4n) is 4.49. The second-order valence-electron chi connectivity index (χ2n) is 9.16. The van der Waals surface area contributed by atoms with Gasteiger partial charge in [-0.1, -0.05) is 106 Å². The Balaban J connectivity index is 1.72. The van der Waals surface area contributed by atoms with E-state index in [1.807, 2.05) is 36.4 Å². The van der Waals surface area contributed by atoms with Crippen LogP contribution >= 0.6 is 0 Å². The van der Waals surface area contributed by atoms with Gasteiger partial charge in [0.1, 0.15) is 12.1 Å². The summed E-state index contributed by atoms with van der Waals surface area (Å²) < 4.78 is 13.2. The van der Waals surface area contributed by atoms with Gasteiger partial charge in [-0.15, -0.1) is 0 Å². The molecule has 1 aliphatic heterocycles. The highest BCUT2D eigenvalue weighted by atomic mass is 28.4. The largest absolute Gasteiger partial charge is 0.468 e. The van der Waals surface area contributed by atoms with Crippen LogP contribution < -0.4 is 10.4 Å². The van der Waals surface area contributed by atoms with Gasteiger partial charge in [-0.25, -0.2) is 4.99 Å². The quantitative estimate of drug-likeness (QED) is 0.383. The van der Waals surface area contributed by atoms with Crippen molar-refractivity contribution in [3.8, 4) is 0 Å². The molecule has 3 aromatic carbocycles. The van der Waals surface area contributed by atoms with Crippen molar-refractivity contribution in [3.63, 3.8) is 0 Å². The monoisotopic (exact) mass is 441 g/mol.